The van der Waals surface area contributed by atoms with Gasteiger partial charge in [0.25, 0.3) is 0 Å². The van der Waals surface area contributed by atoms with Gasteiger partial charge in [0, 0.05) is 20.1 Å². The first-order valence-corrected chi connectivity index (χ1v) is 7.75. The fourth-order valence-electron chi connectivity index (χ4n) is 3.01. The van der Waals surface area contributed by atoms with E-state index >= 15 is 0 Å². The van der Waals surface area contributed by atoms with Crippen molar-refractivity contribution in [2.45, 2.75) is 51.2 Å². The molecule has 0 radical (unpaired) electrons. The molecule has 5 heteroatoms. The summed E-state index contributed by atoms with van der Waals surface area (Å²) < 4.78 is 7.44. The Morgan fingerprint density at radius 2 is 2.14 bits per heavy atom. The van der Waals surface area contributed by atoms with Crippen LogP contribution in [0.4, 0.5) is 0 Å². The van der Waals surface area contributed by atoms with Crippen molar-refractivity contribution in [2.24, 2.45) is 7.05 Å². The molecule has 1 fully saturated rings. The zero-order valence-electron chi connectivity index (χ0n) is 13.2. The number of hydrogen-bond donors (Lipinski definition) is 2. The number of aliphatic hydroxyl groups is 1. The minimum Gasteiger partial charge on any atom is -0.473 e. The van der Waals surface area contributed by atoms with Gasteiger partial charge >= 0.3 is 0 Å². The van der Waals surface area contributed by atoms with E-state index in [2.05, 4.69) is 17.0 Å². The van der Waals surface area contributed by atoms with E-state index in [4.69, 9.17) is 4.74 Å². The highest BCUT2D eigenvalue weighted by molar-refractivity contribution is 5.31. The molecule has 1 heterocycles. The van der Waals surface area contributed by atoms with E-state index in [1.807, 2.05) is 14.0 Å². The third kappa shape index (κ3) is 4.08. The van der Waals surface area contributed by atoms with Crippen LogP contribution in [0, 0.1) is 6.92 Å². The highest BCUT2D eigenvalue weighted by Crippen LogP contribution is 2.28. The second-order valence-electron chi connectivity index (χ2n) is 5.98. The summed E-state index contributed by atoms with van der Waals surface area (Å²) in [5.74, 6) is 0.774. The minimum absolute atomic E-state index is 0.468. The SMILES string of the molecule is C=CCOc1c(CNCC2(O)CCCCC2)c(C)nn1C. The van der Waals surface area contributed by atoms with Gasteiger partial charge in [0.2, 0.25) is 5.88 Å². The molecule has 2 rings (SSSR count). The number of aromatic nitrogens is 2. The van der Waals surface area contributed by atoms with Crippen LogP contribution in [0.3, 0.4) is 0 Å². The first kappa shape index (κ1) is 16.0. The largest absolute Gasteiger partial charge is 0.473 e. The molecule has 0 aliphatic heterocycles. The van der Waals surface area contributed by atoms with Crippen molar-refractivity contribution in [2.75, 3.05) is 13.2 Å². The topological polar surface area (TPSA) is 59.3 Å². The lowest BCUT2D eigenvalue weighted by Gasteiger charge is -2.32. The van der Waals surface area contributed by atoms with Gasteiger partial charge in [-0.25, -0.2) is 4.68 Å². The second kappa shape index (κ2) is 7.09. The standard InChI is InChI=1S/C16H27N3O2/c1-4-10-21-15-14(13(2)18-19(15)3)11-17-12-16(20)8-6-5-7-9-16/h4,17,20H,1,5-12H2,2-3H3. The molecule has 2 N–H and O–H groups in total. The van der Waals surface area contributed by atoms with Crippen LogP contribution in [0.5, 0.6) is 5.88 Å². The molecule has 0 unspecified atom stereocenters. The number of aryl methyl sites for hydroxylation is 2. The molecule has 0 saturated heterocycles. The molecule has 0 bridgehead atoms. The Hall–Kier alpha value is -1.33. The normalized spacial score (nSPS) is 17.7. The maximum Gasteiger partial charge on any atom is 0.216 e. The number of nitrogens with zero attached hydrogens (tertiary/aromatic N) is 2. The second-order valence-corrected chi connectivity index (χ2v) is 5.98. The highest BCUT2D eigenvalue weighted by atomic mass is 16.5. The maximum absolute atomic E-state index is 10.5. The molecule has 0 aromatic carbocycles. The lowest BCUT2D eigenvalue weighted by Crippen LogP contribution is -2.41. The Balaban J connectivity index is 1.94. The Kier molecular flexibility index (Phi) is 5.42. The predicted molar refractivity (Wildman–Crippen MR) is 83.4 cm³/mol. The molecule has 1 saturated carbocycles. The molecule has 0 spiro atoms. The quantitative estimate of drug-likeness (QED) is 0.756. The van der Waals surface area contributed by atoms with E-state index in [9.17, 15) is 5.11 Å². The Morgan fingerprint density at radius 3 is 2.81 bits per heavy atom. The number of rotatable bonds is 7. The van der Waals surface area contributed by atoms with Crippen LogP contribution >= 0.6 is 0 Å². The van der Waals surface area contributed by atoms with Crippen molar-refractivity contribution in [1.82, 2.24) is 15.1 Å². The predicted octanol–water partition coefficient (Wildman–Crippen LogP) is 2.08. The van der Waals surface area contributed by atoms with Gasteiger partial charge in [-0.3, -0.25) is 0 Å². The van der Waals surface area contributed by atoms with Crippen molar-refractivity contribution in [1.29, 1.82) is 0 Å². The summed E-state index contributed by atoms with van der Waals surface area (Å²) in [6.45, 7) is 7.41. The Labute approximate surface area is 127 Å². The molecule has 118 valence electrons. The molecule has 5 nitrogen and oxygen atoms in total. The summed E-state index contributed by atoms with van der Waals surface area (Å²) >= 11 is 0. The van der Waals surface area contributed by atoms with E-state index in [1.54, 1.807) is 10.8 Å². The zero-order chi connectivity index (χ0) is 15.3. The zero-order valence-corrected chi connectivity index (χ0v) is 13.2. The lowest BCUT2D eigenvalue weighted by atomic mass is 9.85. The average molecular weight is 293 g/mol. The smallest absolute Gasteiger partial charge is 0.216 e. The molecular formula is C16H27N3O2. The van der Waals surface area contributed by atoms with E-state index in [0.29, 0.717) is 19.7 Å². The van der Waals surface area contributed by atoms with Gasteiger partial charge in [-0.1, -0.05) is 31.9 Å². The summed E-state index contributed by atoms with van der Waals surface area (Å²) in [4.78, 5) is 0. The summed E-state index contributed by atoms with van der Waals surface area (Å²) in [5, 5.41) is 18.3. The van der Waals surface area contributed by atoms with Crippen LogP contribution in [-0.4, -0.2) is 33.6 Å². The minimum atomic E-state index is -0.545. The summed E-state index contributed by atoms with van der Waals surface area (Å²) in [5.41, 5.74) is 1.47. The van der Waals surface area contributed by atoms with Crippen LogP contribution < -0.4 is 10.1 Å². The number of ether oxygens (including phenoxy) is 1. The van der Waals surface area contributed by atoms with Gasteiger partial charge in [-0.2, -0.15) is 5.10 Å². The van der Waals surface area contributed by atoms with E-state index in [0.717, 1.165) is 42.8 Å². The molecule has 0 atom stereocenters. The van der Waals surface area contributed by atoms with Crippen molar-refractivity contribution in [3.8, 4) is 5.88 Å². The monoisotopic (exact) mass is 293 g/mol. The van der Waals surface area contributed by atoms with Gasteiger partial charge in [0.1, 0.15) is 6.61 Å². The van der Waals surface area contributed by atoms with Gasteiger partial charge in [-0.05, 0) is 19.8 Å². The Bertz CT molecular complexity index is 476. The fraction of sp³-hybridized carbons (Fsp3) is 0.688. The average Bonchev–Trinajstić information content (AvgIpc) is 2.72. The lowest BCUT2D eigenvalue weighted by molar-refractivity contribution is 0.00462. The molecule has 1 aliphatic carbocycles. The third-order valence-electron chi connectivity index (χ3n) is 4.17. The molecular weight excluding hydrogens is 266 g/mol. The van der Waals surface area contributed by atoms with Crippen LogP contribution in [-0.2, 0) is 13.6 Å². The summed E-state index contributed by atoms with van der Waals surface area (Å²) in [6.07, 6.45) is 7.00. The Morgan fingerprint density at radius 1 is 1.43 bits per heavy atom. The van der Waals surface area contributed by atoms with Gasteiger partial charge < -0.3 is 15.2 Å². The van der Waals surface area contributed by atoms with Gasteiger partial charge in [-0.15, -0.1) is 0 Å². The number of nitrogens with one attached hydrogen (secondary N) is 1. The summed E-state index contributed by atoms with van der Waals surface area (Å²) in [7, 11) is 1.88. The van der Waals surface area contributed by atoms with Crippen molar-refractivity contribution in [3.63, 3.8) is 0 Å². The highest BCUT2D eigenvalue weighted by Gasteiger charge is 2.28. The maximum atomic E-state index is 10.5. The van der Waals surface area contributed by atoms with Crippen LogP contribution in [0.2, 0.25) is 0 Å². The van der Waals surface area contributed by atoms with E-state index < -0.39 is 5.60 Å². The van der Waals surface area contributed by atoms with Crippen LogP contribution in [0.1, 0.15) is 43.4 Å². The van der Waals surface area contributed by atoms with E-state index in [1.165, 1.54) is 6.42 Å². The molecule has 1 aliphatic rings. The third-order valence-corrected chi connectivity index (χ3v) is 4.17. The van der Waals surface area contributed by atoms with Crippen molar-refractivity contribution >= 4 is 0 Å². The fourth-order valence-corrected chi connectivity index (χ4v) is 3.01. The van der Waals surface area contributed by atoms with Crippen molar-refractivity contribution < 1.29 is 9.84 Å². The first-order chi connectivity index (χ1) is 10.1. The molecule has 1 aromatic rings. The van der Waals surface area contributed by atoms with Crippen molar-refractivity contribution in [3.05, 3.63) is 23.9 Å². The van der Waals surface area contributed by atoms with Crippen LogP contribution in [0.15, 0.2) is 12.7 Å². The van der Waals surface area contributed by atoms with Gasteiger partial charge in [0.15, 0.2) is 0 Å². The molecule has 21 heavy (non-hydrogen) atoms. The summed E-state index contributed by atoms with van der Waals surface area (Å²) in [6, 6.07) is 0. The number of hydrogen-bond acceptors (Lipinski definition) is 4. The molecule has 1 aromatic heterocycles. The van der Waals surface area contributed by atoms with Gasteiger partial charge in [0.05, 0.1) is 16.9 Å². The first-order valence-electron chi connectivity index (χ1n) is 7.75. The van der Waals surface area contributed by atoms with Crippen LogP contribution in [0.25, 0.3) is 0 Å². The van der Waals surface area contributed by atoms with E-state index in [-0.39, 0.29) is 0 Å². The molecule has 0 amide bonds.